The van der Waals surface area contributed by atoms with Gasteiger partial charge >= 0.3 is 6.18 Å². The molecule has 278 valence electrons. The van der Waals surface area contributed by atoms with E-state index in [-0.39, 0.29) is 22.3 Å². The number of aromatic nitrogens is 2. The molecule has 0 atom stereocenters. The molecule has 60 heavy (non-hydrogen) atoms. The van der Waals surface area contributed by atoms with Crippen molar-refractivity contribution in [3.8, 4) is 70.0 Å². The summed E-state index contributed by atoms with van der Waals surface area (Å²) in [6.45, 7) is 0. The summed E-state index contributed by atoms with van der Waals surface area (Å²) in [6, 6.07) is 46.9. The molecule has 8 nitrogen and oxygen atoms in total. The maximum absolute atomic E-state index is 14.7. The summed E-state index contributed by atoms with van der Waals surface area (Å²) in [5, 5.41) is 62.1. The number of hydrogen-bond acceptors (Lipinski definition) is 6. The van der Waals surface area contributed by atoms with Gasteiger partial charge in [-0.1, -0.05) is 12.1 Å². The highest BCUT2D eigenvalue weighted by Crippen LogP contribution is 2.44. The van der Waals surface area contributed by atoms with Crippen molar-refractivity contribution in [2.24, 2.45) is 0 Å². The van der Waals surface area contributed by atoms with E-state index in [1.807, 2.05) is 9.13 Å². The van der Waals surface area contributed by atoms with Crippen molar-refractivity contribution in [3.63, 3.8) is 0 Å². The summed E-state index contributed by atoms with van der Waals surface area (Å²) < 4.78 is 47.9. The summed E-state index contributed by atoms with van der Waals surface area (Å²) in [4.78, 5) is 0. The minimum atomic E-state index is -4.81. The van der Waals surface area contributed by atoms with Gasteiger partial charge in [0.25, 0.3) is 0 Å². The average Bonchev–Trinajstić information content (AvgIpc) is 3.78. The Labute approximate surface area is 339 Å². The maximum atomic E-state index is 14.7. The molecule has 0 unspecified atom stereocenters. The van der Waals surface area contributed by atoms with Crippen LogP contribution in [0.15, 0.2) is 127 Å². The Morgan fingerprint density at radius 2 is 0.833 bits per heavy atom. The Morgan fingerprint density at radius 3 is 1.28 bits per heavy atom. The van der Waals surface area contributed by atoms with Crippen LogP contribution in [0, 0.1) is 68.0 Å². The number of nitrogens with zero attached hydrogens (tertiary/aromatic N) is 8. The van der Waals surface area contributed by atoms with E-state index in [1.54, 1.807) is 115 Å². The van der Waals surface area contributed by atoms with Crippen molar-refractivity contribution < 1.29 is 13.2 Å². The second-order valence-electron chi connectivity index (χ2n) is 14.0. The first kappa shape index (κ1) is 36.5. The zero-order chi connectivity index (χ0) is 41.9. The van der Waals surface area contributed by atoms with Crippen molar-refractivity contribution >= 4 is 43.6 Å². The van der Waals surface area contributed by atoms with Crippen molar-refractivity contribution in [3.05, 3.63) is 166 Å². The largest absolute Gasteiger partial charge is 0.417 e. The van der Waals surface area contributed by atoms with E-state index in [4.69, 9.17) is 0 Å². The lowest BCUT2D eigenvalue weighted by Gasteiger charge is -2.19. The van der Waals surface area contributed by atoms with E-state index in [0.717, 1.165) is 6.07 Å². The van der Waals surface area contributed by atoms with Crippen LogP contribution < -0.4 is 0 Å². The summed E-state index contributed by atoms with van der Waals surface area (Å²) in [5.41, 5.74) is 5.19. The van der Waals surface area contributed by atoms with Gasteiger partial charge in [0, 0.05) is 38.4 Å². The van der Waals surface area contributed by atoms with Crippen LogP contribution in [0.1, 0.15) is 38.9 Å². The molecule has 0 aliphatic rings. The summed E-state index contributed by atoms with van der Waals surface area (Å²) in [6.07, 6.45) is -4.81. The van der Waals surface area contributed by atoms with Gasteiger partial charge < -0.3 is 9.13 Å². The minimum absolute atomic E-state index is 0.156. The fourth-order valence-corrected chi connectivity index (χ4v) is 8.07. The van der Waals surface area contributed by atoms with Crippen molar-refractivity contribution in [1.29, 1.82) is 31.6 Å². The Kier molecular flexibility index (Phi) is 8.40. The Hall–Kier alpha value is -9.13. The molecule has 7 aromatic carbocycles. The van der Waals surface area contributed by atoms with E-state index in [0.29, 0.717) is 88.4 Å². The quantitative estimate of drug-likeness (QED) is 0.173. The van der Waals surface area contributed by atoms with Crippen LogP contribution in [0.25, 0.3) is 77.2 Å². The summed E-state index contributed by atoms with van der Waals surface area (Å²) >= 11 is 0. The number of fused-ring (bicyclic) bond motifs is 6. The average molecular weight is 779 g/mol. The van der Waals surface area contributed by atoms with Gasteiger partial charge in [0.15, 0.2) is 0 Å². The van der Waals surface area contributed by atoms with E-state index < -0.39 is 11.7 Å². The standard InChI is InChI=1S/C49H21F3N8/c50-49(51,52)43-19-32(26-57)1-9-36(43)33-7-14-48(60-46-12-4-30(24-55)17-40(46)41-18-31(25-56)5-13-47(41)60)42(20-33)37-21-35(8-6-34(37)27-58)59-44-10-2-28(22-53)15-38(44)39-16-29(23-54)3-11-45(39)59/h1-21H. The van der Waals surface area contributed by atoms with E-state index >= 15 is 0 Å². The van der Waals surface area contributed by atoms with Crippen molar-refractivity contribution in [1.82, 2.24) is 9.13 Å². The molecule has 2 heterocycles. The van der Waals surface area contributed by atoms with Gasteiger partial charge in [-0.25, -0.2) is 0 Å². The maximum Gasteiger partial charge on any atom is 0.417 e. The Balaban J connectivity index is 1.40. The topological polar surface area (TPSA) is 153 Å². The minimum Gasteiger partial charge on any atom is -0.309 e. The predicted molar refractivity (Wildman–Crippen MR) is 219 cm³/mol. The van der Waals surface area contributed by atoms with Gasteiger partial charge in [-0.3, -0.25) is 0 Å². The molecule has 9 rings (SSSR count). The van der Waals surface area contributed by atoms with Crippen LogP contribution in [-0.2, 0) is 6.18 Å². The number of alkyl halides is 3. The smallest absolute Gasteiger partial charge is 0.309 e. The van der Waals surface area contributed by atoms with Crippen LogP contribution in [0.2, 0.25) is 0 Å². The van der Waals surface area contributed by atoms with Crippen LogP contribution in [0.3, 0.4) is 0 Å². The van der Waals surface area contributed by atoms with Gasteiger partial charge in [0.05, 0.1) is 103 Å². The predicted octanol–water partition coefficient (Wildman–Crippen LogP) is 11.5. The Morgan fingerprint density at radius 1 is 0.383 bits per heavy atom. The zero-order valence-electron chi connectivity index (χ0n) is 30.8. The van der Waals surface area contributed by atoms with Gasteiger partial charge in [0.1, 0.15) is 0 Å². The third kappa shape index (κ3) is 5.72. The van der Waals surface area contributed by atoms with Gasteiger partial charge in [-0.2, -0.15) is 44.7 Å². The molecule has 0 saturated heterocycles. The molecule has 0 bridgehead atoms. The first-order valence-corrected chi connectivity index (χ1v) is 18.2. The molecule has 0 fully saturated rings. The number of benzene rings is 7. The van der Waals surface area contributed by atoms with Crippen LogP contribution >= 0.6 is 0 Å². The van der Waals surface area contributed by atoms with E-state index in [2.05, 4.69) is 30.3 Å². The molecule has 0 spiro atoms. The third-order valence-electron chi connectivity index (χ3n) is 10.7. The molecule has 2 aromatic heterocycles. The number of rotatable bonds is 4. The molecule has 0 aliphatic carbocycles. The molecular formula is C49H21F3N8. The fraction of sp³-hybridized carbons (Fsp3) is 0.0204. The van der Waals surface area contributed by atoms with Gasteiger partial charge in [-0.05, 0) is 126 Å². The zero-order valence-corrected chi connectivity index (χ0v) is 30.8. The van der Waals surface area contributed by atoms with Gasteiger partial charge in [0.2, 0.25) is 0 Å². The summed E-state index contributed by atoms with van der Waals surface area (Å²) in [7, 11) is 0. The van der Waals surface area contributed by atoms with Crippen LogP contribution in [0.5, 0.6) is 0 Å². The third-order valence-corrected chi connectivity index (χ3v) is 10.7. The first-order chi connectivity index (χ1) is 29.1. The molecular weight excluding hydrogens is 758 g/mol. The molecule has 0 saturated carbocycles. The second kappa shape index (κ2) is 13.8. The fourth-order valence-electron chi connectivity index (χ4n) is 8.07. The number of halogens is 3. The highest BCUT2D eigenvalue weighted by Gasteiger charge is 2.34. The molecule has 0 aliphatic heterocycles. The normalized spacial score (nSPS) is 11.2. The lowest BCUT2D eigenvalue weighted by atomic mass is 9.91. The van der Waals surface area contributed by atoms with Crippen LogP contribution in [-0.4, -0.2) is 9.13 Å². The van der Waals surface area contributed by atoms with Crippen molar-refractivity contribution in [2.45, 2.75) is 6.18 Å². The monoisotopic (exact) mass is 778 g/mol. The number of nitriles is 6. The first-order valence-electron chi connectivity index (χ1n) is 18.2. The van der Waals surface area contributed by atoms with Crippen LogP contribution in [0.4, 0.5) is 13.2 Å². The highest BCUT2D eigenvalue weighted by molar-refractivity contribution is 6.12. The number of hydrogen-bond donors (Lipinski definition) is 0. The highest BCUT2D eigenvalue weighted by atomic mass is 19.4. The molecule has 11 heteroatoms. The van der Waals surface area contributed by atoms with Crippen molar-refractivity contribution in [2.75, 3.05) is 0 Å². The molecule has 9 aromatic rings. The van der Waals surface area contributed by atoms with E-state index in [1.165, 1.54) is 12.1 Å². The SMILES string of the molecule is N#Cc1ccc(-c2ccc(-n3c4ccc(C#N)cc4c4cc(C#N)ccc43)c(-c3cc(-n4c5ccc(C#N)cc5c5cc(C#N)ccc54)ccc3C#N)c2)c(C(F)(F)F)c1. The summed E-state index contributed by atoms with van der Waals surface area (Å²) in [5.74, 6) is 0. The molecule has 0 radical (unpaired) electrons. The molecule has 0 N–H and O–H groups in total. The molecule has 0 amide bonds. The second-order valence-corrected chi connectivity index (χ2v) is 14.0. The van der Waals surface area contributed by atoms with Gasteiger partial charge in [-0.15, -0.1) is 0 Å². The lowest BCUT2D eigenvalue weighted by Crippen LogP contribution is -2.08. The van der Waals surface area contributed by atoms with E-state index in [9.17, 15) is 44.7 Å². The lowest BCUT2D eigenvalue weighted by molar-refractivity contribution is -0.137. The Bertz CT molecular complexity index is 3480.